The Morgan fingerprint density at radius 2 is 2.11 bits per heavy atom. The van der Waals surface area contributed by atoms with Crippen LogP contribution in [0.2, 0.25) is 10.3 Å². The van der Waals surface area contributed by atoms with Crippen LogP contribution in [0.1, 0.15) is 19.9 Å². The third-order valence-corrected chi connectivity index (χ3v) is 3.47. The Balaban J connectivity index is 2.73. The summed E-state index contributed by atoms with van der Waals surface area (Å²) in [5.41, 5.74) is 0.0247. The standard InChI is InChI=1S/C12H13Cl2N3O2/c1-6(2)8(4-18)17-5-15-10-7(12(17)19)3-9(13)16-11(10)14/h3,5-6,8,18H,4H2,1-2H3/t8-/m1/s1. The van der Waals surface area contributed by atoms with E-state index in [0.29, 0.717) is 10.9 Å². The van der Waals surface area contributed by atoms with Gasteiger partial charge in [0, 0.05) is 0 Å². The molecule has 1 N–H and O–H groups in total. The maximum Gasteiger partial charge on any atom is 0.261 e. The van der Waals surface area contributed by atoms with Crippen LogP contribution in [0, 0.1) is 5.92 Å². The number of aromatic nitrogens is 3. The van der Waals surface area contributed by atoms with Crippen LogP contribution >= 0.6 is 23.2 Å². The molecular weight excluding hydrogens is 289 g/mol. The summed E-state index contributed by atoms with van der Waals surface area (Å²) in [7, 11) is 0. The molecule has 0 unspecified atom stereocenters. The van der Waals surface area contributed by atoms with Gasteiger partial charge in [-0.3, -0.25) is 9.36 Å². The molecule has 2 rings (SSSR count). The molecule has 0 aliphatic heterocycles. The van der Waals surface area contributed by atoms with Crippen molar-refractivity contribution in [1.29, 1.82) is 0 Å². The van der Waals surface area contributed by atoms with E-state index in [0.717, 1.165) is 0 Å². The molecule has 0 radical (unpaired) electrons. The quantitative estimate of drug-likeness (QED) is 0.883. The van der Waals surface area contributed by atoms with Crippen molar-refractivity contribution in [2.45, 2.75) is 19.9 Å². The average molecular weight is 302 g/mol. The second-order valence-electron chi connectivity index (χ2n) is 4.58. The normalized spacial score (nSPS) is 13.2. The first-order valence-corrected chi connectivity index (χ1v) is 6.55. The highest BCUT2D eigenvalue weighted by Gasteiger charge is 2.18. The predicted octanol–water partition coefficient (Wildman–Crippen LogP) is 2.29. The van der Waals surface area contributed by atoms with Crippen molar-refractivity contribution in [3.05, 3.63) is 33.1 Å². The van der Waals surface area contributed by atoms with Gasteiger partial charge < -0.3 is 5.11 Å². The van der Waals surface area contributed by atoms with Crippen LogP contribution in [-0.2, 0) is 0 Å². The summed E-state index contributed by atoms with van der Waals surface area (Å²) in [6.07, 6.45) is 1.38. The summed E-state index contributed by atoms with van der Waals surface area (Å²) in [4.78, 5) is 20.4. The van der Waals surface area contributed by atoms with Crippen molar-refractivity contribution >= 4 is 34.1 Å². The first kappa shape index (κ1) is 14.2. The molecule has 7 heteroatoms. The fourth-order valence-electron chi connectivity index (χ4n) is 1.93. The van der Waals surface area contributed by atoms with E-state index >= 15 is 0 Å². The molecule has 102 valence electrons. The van der Waals surface area contributed by atoms with Gasteiger partial charge in [0.1, 0.15) is 10.7 Å². The highest BCUT2D eigenvalue weighted by atomic mass is 35.5. The average Bonchev–Trinajstić information content (AvgIpc) is 2.33. The molecule has 0 fully saturated rings. The van der Waals surface area contributed by atoms with E-state index in [1.165, 1.54) is 17.0 Å². The second kappa shape index (κ2) is 5.45. The number of fused-ring (bicyclic) bond motifs is 1. The first-order chi connectivity index (χ1) is 8.95. The Bertz CT molecular complexity index is 670. The molecular formula is C12H13Cl2N3O2. The lowest BCUT2D eigenvalue weighted by Crippen LogP contribution is -2.30. The summed E-state index contributed by atoms with van der Waals surface area (Å²) in [6.45, 7) is 3.70. The summed E-state index contributed by atoms with van der Waals surface area (Å²) in [5, 5.41) is 9.93. The topological polar surface area (TPSA) is 68.0 Å². The molecule has 0 spiro atoms. The van der Waals surface area contributed by atoms with Gasteiger partial charge in [0.25, 0.3) is 5.56 Å². The Kier molecular flexibility index (Phi) is 4.08. The van der Waals surface area contributed by atoms with Crippen molar-refractivity contribution < 1.29 is 5.11 Å². The van der Waals surface area contributed by atoms with Gasteiger partial charge in [-0.25, -0.2) is 9.97 Å². The van der Waals surface area contributed by atoms with Crippen molar-refractivity contribution in [2.24, 2.45) is 5.92 Å². The zero-order valence-electron chi connectivity index (χ0n) is 10.5. The van der Waals surface area contributed by atoms with Crippen molar-refractivity contribution in [3.8, 4) is 0 Å². The predicted molar refractivity (Wildman–Crippen MR) is 74.8 cm³/mol. The zero-order chi connectivity index (χ0) is 14.2. The maximum absolute atomic E-state index is 12.4. The second-order valence-corrected chi connectivity index (χ2v) is 5.33. The minimum absolute atomic E-state index is 0.0923. The summed E-state index contributed by atoms with van der Waals surface area (Å²) < 4.78 is 1.40. The number of aliphatic hydroxyl groups excluding tert-OH is 1. The van der Waals surface area contributed by atoms with Crippen LogP contribution in [0.15, 0.2) is 17.2 Å². The fourth-order valence-corrected chi connectivity index (χ4v) is 2.41. The molecule has 0 saturated carbocycles. The molecule has 2 aromatic heterocycles. The highest BCUT2D eigenvalue weighted by molar-refractivity contribution is 6.36. The molecule has 0 aromatic carbocycles. The number of hydrogen-bond acceptors (Lipinski definition) is 4. The fraction of sp³-hybridized carbons (Fsp3) is 0.417. The van der Waals surface area contributed by atoms with Gasteiger partial charge >= 0.3 is 0 Å². The molecule has 0 saturated heterocycles. The van der Waals surface area contributed by atoms with E-state index < -0.39 is 0 Å². The van der Waals surface area contributed by atoms with Crippen molar-refractivity contribution in [2.75, 3.05) is 6.61 Å². The lowest BCUT2D eigenvalue weighted by molar-refractivity contribution is 0.189. The molecule has 19 heavy (non-hydrogen) atoms. The SMILES string of the molecule is CC(C)[C@@H](CO)n1cnc2c(Cl)nc(Cl)cc2c1=O. The number of halogens is 2. The van der Waals surface area contributed by atoms with Crippen molar-refractivity contribution in [3.63, 3.8) is 0 Å². The van der Waals surface area contributed by atoms with Crippen LogP contribution in [0.4, 0.5) is 0 Å². The van der Waals surface area contributed by atoms with Crippen LogP contribution in [0.25, 0.3) is 10.9 Å². The highest BCUT2D eigenvalue weighted by Crippen LogP contribution is 2.22. The van der Waals surface area contributed by atoms with Crippen LogP contribution in [-0.4, -0.2) is 26.2 Å². The number of nitrogens with zero attached hydrogens (tertiary/aromatic N) is 3. The van der Waals surface area contributed by atoms with Crippen LogP contribution in [0.3, 0.4) is 0 Å². The maximum atomic E-state index is 12.4. The van der Waals surface area contributed by atoms with E-state index in [1.54, 1.807) is 0 Å². The minimum Gasteiger partial charge on any atom is -0.394 e. The molecule has 2 aromatic rings. The van der Waals surface area contributed by atoms with E-state index in [2.05, 4.69) is 9.97 Å². The molecule has 0 aliphatic rings. The molecule has 5 nitrogen and oxygen atoms in total. The van der Waals surface area contributed by atoms with Gasteiger partial charge in [0.05, 0.1) is 24.4 Å². The van der Waals surface area contributed by atoms with E-state index in [-0.39, 0.29) is 34.4 Å². The Hall–Kier alpha value is -1.17. The van der Waals surface area contributed by atoms with Crippen LogP contribution < -0.4 is 5.56 Å². The Morgan fingerprint density at radius 3 is 2.68 bits per heavy atom. The number of rotatable bonds is 3. The van der Waals surface area contributed by atoms with Gasteiger partial charge in [-0.05, 0) is 12.0 Å². The lowest BCUT2D eigenvalue weighted by Gasteiger charge is -2.21. The molecule has 0 amide bonds. The molecule has 0 bridgehead atoms. The summed E-state index contributed by atoms with van der Waals surface area (Å²) in [5.74, 6) is 0.0923. The van der Waals surface area contributed by atoms with Gasteiger partial charge in [-0.1, -0.05) is 37.0 Å². The smallest absolute Gasteiger partial charge is 0.261 e. The van der Waals surface area contributed by atoms with Gasteiger partial charge in [0.2, 0.25) is 0 Å². The molecule has 0 aliphatic carbocycles. The number of aliphatic hydroxyl groups is 1. The van der Waals surface area contributed by atoms with Gasteiger partial charge in [0.15, 0.2) is 5.15 Å². The van der Waals surface area contributed by atoms with E-state index in [4.69, 9.17) is 23.2 Å². The Labute approximate surface area is 119 Å². The van der Waals surface area contributed by atoms with E-state index in [1.807, 2.05) is 13.8 Å². The van der Waals surface area contributed by atoms with Gasteiger partial charge in [-0.15, -0.1) is 0 Å². The van der Waals surface area contributed by atoms with Crippen molar-refractivity contribution in [1.82, 2.24) is 14.5 Å². The Morgan fingerprint density at radius 1 is 1.42 bits per heavy atom. The van der Waals surface area contributed by atoms with E-state index in [9.17, 15) is 9.90 Å². The largest absolute Gasteiger partial charge is 0.394 e. The number of pyridine rings is 1. The minimum atomic E-state index is -0.338. The summed E-state index contributed by atoms with van der Waals surface area (Å²) >= 11 is 11.7. The zero-order valence-corrected chi connectivity index (χ0v) is 12.0. The number of hydrogen-bond donors (Lipinski definition) is 1. The third-order valence-electron chi connectivity index (χ3n) is 3.01. The monoisotopic (exact) mass is 301 g/mol. The molecule has 1 atom stereocenters. The third kappa shape index (κ3) is 2.59. The first-order valence-electron chi connectivity index (χ1n) is 5.79. The molecule has 2 heterocycles. The van der Waals surface area contributed by atoms with Crippen LogP contribution in [0.5, 0.6) is 0 Å². The lowest BCUT2D eigenvalue weighted by atomic mass is 10.1. The van der Waals surface area contributed by atoms with Gasteiger partial charge in [-0.2, -0.15) is 0 Å². The summed E-state index contributed by atoms with van der Waals surface area (Å²) in [6, 6.07) is 1.10.